The van der Waals surface area contributed by atoms with Gasteiger partial charge in [-0.05, 0) is 24.1 Å². The van der Waals surface area contributed by atoms with Gasteiger partial charge in [0.1, 0.15) is 11.6 Å². The monoisotopic (exact) mass is 419 g/mol. The van der Waals surface area contributed by atoms with E-state index >= 15 is 0 Å². The van der Waals surface area contributed by atoms with Crippen molar-refractivity contribution < 1.29 is 9.47 Å². The third-order valence-electron chi connectivity index (χ3n) is 5.49. The summed E-state index contributed by atoms with van der Waals surface area (Å²) in [4.78, 5) is 20.8. The van der Waals surface area contributed by atoms with Crippen molar-refractivity contribution >= 4 is 17.7 Å². The molecule has 0 saturated carbocycles. The molecule has 9 nitrogen and oxygen atoms in total. The van der Waals surface area contributed by atoms with E-state index < -0.39 is 0 Å². The van der Waals surface area contributed by atoms with E-state index in [9.17, 15) is 0 Å². The highest BCUT2D eigenvalue weighted by molar-refractivity contribution is 5.71. The molecule has 1 aromatic carbocycles. The van der Waals surface area contributed by atoms with Crippen LogP contribution in [0, 0.1) is 0 Å². The molecule has 9 heteroatoms. The van der Waals surface area contributed by atoms with Crippen LogP contribution in [0.15, 0.2) is 36.7 Å². The van der Waals surface area contributed by atoms with Crippen LogP contribution in [-0.2, 0) is 17.7 Å². The SMILES string of the molecule is COc1ccc(CNc2ncc(-c3nc(N4CCOCC4)nc4c3CCN4)cn2)cc1. The number of anilines is 3. The Morgan fingerprint density at radius 1 is 1.10 bits per heavy atom. The summed E-state index contributed by atoms with van der Waals surface area (Å²) < 4.78 is 10.7. The molecule has 3 aromatic rings. The van der Waals surface area contributed by atoms with Crippen molar-refractivity contribution in [2.24, 2.45) is 0 Å². The van der Waals surface area contributed by atoms with Crippen molar-refractivity contribution in [2.75, 3.05) is 55.5 Å². The average molecular weight is 419 g/mol. The fraction of sp³-hybridized carbons (Fsp3) is 0.364. The number of aromatic nitrogens is 4. The highest BCUT2D eigenvalue weighted by atomic mass is 16.5. The second-order valence-electron chi connectivity index (χ2n) is 7.47. The maximum Gasteiger partial charge on any atom is 0.228 e. The molecule has 1 fully saturated rings. The fourth-order valence-electron chi connectivity index (χ4n) is 3.77. The molecule has 0 unspecified atom stereocenters. The van der Waals surface area contributed by atoms with Crippen LogP contribution in [0.2, 0.25) is 0 Å². The topological polar surface area (TPSA) is 97.3 Å². The van der Waals surface area contributed by atoms with E-state index in [1.165, 1.54) is 0 Å². The van der Waals surface area contributed by atoms with Crippen LogP contribution >= 0.6 is 0 Å². The predicted molar refractivity (Wildman–Crippen MR) is 119 cm³/mol. The third kappa shape index (κ3) is 4.22. The molecule has 2 aliphatic rings. The van der Waals surface area contributed by atoms with E-state index in [-0.39, 0.29) is 0 Å². The molecule has 0 spiro atoms. The molecule has 5 rings (SSSR count). The Hall–Kier alpha value is -3.46. The van der Waals surface area contributed by atoms with Crippen LogP contribution in [0.3, 0.4) is 0 Å². The van der Waals surface area contributed by atoms with E-state index in [1.54, 1.807) is 7.11 Å². The lowest BCUT2D eigenvalue weighted by Gasteiger charge is -2.27. The summed E-state index contributed by atoms with van der Waals surface area (Å²) in [5, 5.41) is 6.64. The molecule has 2 N–H and O–H groups in total. The Morgan fingerprint density at radius 2 is 1.87 bits per heavy atom. The van der Waals surface area contributed by atoms with Crippen LogP contribution in [-0.4, -0.2) is 59.9 Å². The first-order chi connectivity index (χ1) is 15.3. The summed E-state index contributed by atoms with van der Waals surface area (Å²) in [6, 6.07) is 7.92. The molecule has 31 heavy (non-hydrogen) atoms. The van der Waals surface area contributed by atoms with Gasteiger partial charge < -0.3 is 25.0 Å². The molecule has 0 radical (unpaired) electrons. The van der Waals surface area contributed by atoms with Gasteiger partial charge in [-0.15, -0.1) is 0 Å². The van der Waals surface area contributed by atoms with E-state index in [0.717, 1.165) is 66.0 Å². The van der Waals surface area contributed by atoms with Crippen LogP contribution < -0.4 is 20.3 Å². The Balaban J connectivity index is 1.34. The van der Waals surface area contributed by atoms with Gasteiger partial charge in [-0.2, -0.15) is 4.98 Å². The molecule has 2 aliphatic heterocycles. The van der Waals surface area contributed by atoms with Gasteiger partial charge in [0.05, 0.1) is 26.0 Å². The van der Waals surface area contributed by atoms with Crippen molar-refractivity contribution in [3.8, 4) is 17.0 Å². The van der Waals surface area contributed by atoms with Gasteiger partial charge in [-0.1, -0.05) is 12.1 Å². The molecular weight excluding hydrogens is 394 g/mol. The smallest absolute Gasteiger partial charge is 0.228 e. The second kappa shape index (κ2) is 8.73. The summed E-state index contributed by atoms with van der Waals surface area (Å²) in [6.45, 7) is 4.48. The number of ether oxygens (including phenoxy) is 2. The number of benzene rings is 1. The number of methoxy groups -OCH3 is 1. The summed E-state index contributed by atoms with van der Waals surface area (Å²) in [6.07, 6.45) is 4.55. The molecular formula is C22H25N7O2. The van der Waals surface area contributed by atoms with E-state index in [2.05, 4.69) is 25.5 Å². The van der Waals surface area contributed by atoms with Crippen LogP contribution in [0.25, 0.3) is 11.3 Å². The quantitative estimate of drug-likeness (QED) is 0.624. The maximum atomic E-state index is 5.46. The Labute approximate surface area is 180 Å². The van der Waals surface area contributed by atoms with Gasteiger partial charge in [0.25, 0.3) is 0 Å². The summed E-state index contributed by atoms with van der Waals surface area (Å²) in [5.74, 6) is 3.06. The molecule has 0 amide bonds. The minimum absolute atomic E-state index is 0.580. The van der Waals surface area contributed by atoms with E-state index in [0.29, 0.717) is 25.7 Å². The molecule has 0 aliphatic carbocycles. The predicted octanol–water partition coefficient (Wildman–Crippen LogP) is 2.36. The summed E-state index contributed by atoms with van der Waals surface area (Å²) in [7, 11) is 1.66. The van der Waals surface area contributed by atoms with Gasteiger partial charge >= 0.3 is 0 Å². The van der Waals surface area contributed by atoms with Crippen molar-refractivity contribution in [3.05, 3.63) is 47.8 Å². The third-order valence-corrected chi connectivity index (χ3v) is 5.49. The van der Waals surface area contributed by atoms with Crippen molar-refractivity contribution in [1.29, 1.82) is 0 Å². The lowest BCUT2D eigenvalue weighted by Crippen LogP contribution is -2.37. The first kappa shape index (κ1) is 19.5. The number of hydrogen-bond acceptors (Lipinski definition) is 9. The van der Waals surface area contributed by atoms with Gasteiger partial charge in [0, 0.05) is 49.7 Å². The molecule has 160 valence electrons. The summed E-state index contributed by atoms with van der Waals surface area (Å²) in [5.41, 5.74) is 4.05. The number of nitrogens with one attached hydrogen (secondary N) is 2. The molecule has 0 bridgehead atoms. The van der Waals surface area contributed by atoms with Crippen molar-refractivity contribution in [1.82, 2.24) is 19.9 Å². The van der Waals surface area contributed by atoms with Crippen molar-refractivity contribution in [3.63, 3.8) is 0 Å². The zero-order chi connectivity index (χ0) is 21.0. The highest BCUT2D eigenvalue weighted by Gasteiger charge is 2.23. The number of nitrogens with zero attached hydrogens (tertiary/aromatic N) is 5. The van der Waals surface area contributed by atoms with Crippen molar-refractivity contribution in [2.45, 2.75) is 13.0 Å². The van der Waals surface area contributed by atoms with Gasteiger partial charge in [0.2, 0.25) is 11.9 Å². The second-order valence-corrected chi connectivity index (χ2v) is 7.47. The Morgan fingerprint density at radius 3 is 2.61 bits per heavy atom. The molecule has 1 saturated heterocycles. The largest absolute Gasteiger partial charge is 0.497 e. The van der Waals surface area contributed by atoms with Gasteiger partial charge in [-0.25, -0.2) is 15.0 Å². The minimum Gasteiger partial charge on any atom is -0.497 e. The van der Waals surface area contributed by atoms with E-state index in [4.69, 9.17) is 19.4 Å². The Kier molecular flexibility index (Phi) is 5.49. The normalized spacial score (nSPS) is 15.3. The Bertz CT molecular complexity index is 1030. The minimum atomic E-state index is 0.580. The van der Waals surface area contributed by atoms with Gasteiger partial charge in [-0.3, -0.25) is 0 Å². The van der Waals surface area contributed by atoms with E-state index in [1.807, 2.05) is 36.7 Å². The zero-order valence-corrected chi connectivity index (χ0v) is 17.5. The maximum absolute atomic E-state index is 5.46. The standard InChI is InChI=1S/C22H25N7O2/c1-30-17-4-2-15(3-5-17)12-24-21-25-13-16(14-26-21)19-18-6-7-23-20(18)28-22(27-19)29-8-10-31-11-9-29/h2-5,13-14H,6-12H2,1H3,(H,23,27,28)(H,24,25,26). The number of hydrogen-bond donors (Lipinski definition) is 2. The molecule has 2 aromatic heterocycles. The number of fused-ring (bicyclic) bond motifs is 1. The lowest BCUT2D eigenvalue weighted by atomic mass is 10.1. The molecule has 0 atom stereocenters. The van der Waals surface area contributed by atoms with Gasteiger partial charge in [0.15, 0.2) is 0 Å². The van der Waals surface area contributed by atoms with Crippen LogP contribution in [0.5, 0.6) is 5.75 Å². The number of morpholine rings is 1. The van der Waals surface area contributed by atoms with Crippen LogP contribution in [0.4, 0.5) is 17.7 Å². The molecule has 4 heterocycles. The zero-order valence-electron chi connectivity index (χ0n) is 17.5. The van der Waals surface area contributed by atoms with Crippen LogP contribution in [0.1, 0.15) is 11.1 Å². The first-order valence-corrected chi connectivity index (χ1v) is 10.5. The fourth-order valence-corrected chi connectivity index (χ4v) is 3.77. The summed E-state index contributed by atoms with van der Waals surface area (Å²) >= 11 is 0. The lowest BCUT2D eigenvalue weighted by molar-refractivity contribution is 0.122. The number of rotatable bonds is 6. The first-order valence-electron chi connectivity index (χ1n) is 10.5. The average Bonchev–Trinajstić information content (AvgIpc) is 3.32. The highest BCUT2D eigenvalue weighted by Crippen LogP contribution is 2.32.